The molecule has 2 aliphatic rings. The van der Waals surface area contributed by atoms with Crippen LogP contribution in [-0.2, 0) is 4.74 Å². The number of pyridine rings is 1. The Kier molecular flexibility index (Phi) is 3.62. The van der Waals surface area contributed by atoms with E-state index in [2.05, 4.69) is 20.7 Å². The number of hydrogen-bond donors (Lipinski definition) is 0. The number of morpholine rings is 1. The van der Waals surface area contributed by atoms with Crippen LogP contribution in [-0.4, -0.2) is 37.2 Å². The van der Waals surface area contributed by atoms with Crippen molar-refractivity contribution in [2.75, 3.05) is 31.2 Å². The van der Waals surface area contributed by atoms with Crippen LogP contribution in [0.4, 0.5) is 15.9 Å². The summed E-state index contributed by atoms with van der Waals surface area (Å²) < 4.78 is 19.8. The van der Waals surface area contributed by atoms with Crippen LogP contribution in [0.3, 0.4) is 0 Å². The molecule has 0 aliphatic carbocycles. The van der Waals surface area contributed by atoms with Gasteiger partial charge in [-0.3, -0.25) is 0 Å². The van der Waals surface area contributed by atoms with E-state index in [9.17, 15) is 4.39 Å². The molecule has 116 valence electrons. The third-order valence-corrected chi connectivity index (χ3v) is 4.30. The second-order valence-corrected chi connectivity index (χ2v) is 5.74. The Hall–Kier alpha value is -2.20. The molecule has 0 saturated carbocycles. The summed E-state index contributed by atoms with van der Waals surface area (Å²) >= 11 is 5.92. The average Bonchev–Trinajstić information content (AvgIpc) is 3.02. The normalized spacial score (nSPS) is 16.4. The zero-order chi connectivity index (χ0) is 15.8. The predicted octanol–water partition coefficient (Wildman–Crippen LogP) is 3.46. The average molecular weight is 330 g/mol. The number of fused-ring (bicyclic) bond motifs is 1. The van der Waals surface area contributed by atoms with Gasteiger partial charge in [-0.1, -0.05) is 23.7 Å². The van der Waals surface area contributed by atoms with Crippen LogP contribution in [0.1, 0.15) is 11.1 Å². The van der Waals surface area contributed by atoms with E-state index in [1.807, 2.05) is 6.07 Å². The molecule has 0 bridgehead atoms. The highest BCUT2D eigenvalue weighted by atomic mass is 35.5. The Morgan fingerprint density at radius 2 is 2.04 bits per heavy atom. The van der Waals surface area contributed by atoms with Crippen LogP contribution < -0.4 is 4.90 Å². The van der Waals surface area contributed by atoms with E-state index in [0.29, 0.717) is 30.2 Å². The van der Waals surface area contributed by atoms with Crippen LogP contribution in [0.2, 0.25) is 5.02 Å². The van der Waals surface area contributed by atoms with Crippen molar-refractivity contribution in [1.29, 1.82) is 0 Å². The fraction of sp³-hybridized carbons (Fsp3) is 0.235. The van der Waals surface area contributed by atoms with Crippen LogP contribution in [0.5, 0.6) is 0 Å². The van der Waals surface area contributed by atoms with Gasteiger partial charge in [-0.2, -0.15) is 4.99 Å². The number of aromatic nitrogens is 1. The fourth-order valence-corrected chi connectivity index (χ4v) is 3.06. The van der Waals surface area contributed by atoms with Gasteiger partial charge in [0.05, 0.1) is 35.1 Å². The molecule has 6 heteroatoms. The molecule has 1 fully saturated rings. The van der Waals surface area contributed by atoms with Gasteiger partial charge in [-0.25, -0.2) is 9.37 Å². The van der Waals surface area contributed by atoms with Crippen molar-refractivity contribution in [2.45, 2.75) is 0 Å². The molecule has 1 aromatic heterocycles. The molecule has 0 radical (unpaired) electrons. The van der Waals surface area contributed by atoms with Crippen molar-refractivity contribution in [3.63, 3.8) is 0 Å². The molecular formula is C17H13ClFN3O. The van der Waals surface area contributed by atoms with E-state index >= 15 is 0 Å². The number of rotatable bonds is 2. The van der Waals surface area contributed by atoms with Gasteiger partial charge in [0.1, 0.15) is 5.82 Å². The lowest BCUT2D eigenvalue weighted by Crippen LogP contribution is -2.36. The molecule has 4 nitrogen and oxygen atoms in total. The van der Waals surface area contributed by atoms with E-state index in [4.69, 9.17) is 16.3 Å². The summed E-state index contributed by atoms with van der Waals surface area (Å²) in [4.78, 5) is 10.7. The summed E-state index contributed by atoms with van der Waals surface area (Å²) in [6.45, 7) is 2.90. The van der Waals surface area contributed by atoms with E-state index in [1.54, 1.807) is 18.3 Å². The first-order valence-electron chi connectivity index (χ1n) is 7.36. The Balaban J connectivity index is 1.84. The van der Waals surface area contributed by atoms with Gasteiger partial charge in [0.2, 0.25) is 0 Å². The van der Waals surface area contributed by atoms with E-state index in [1.165, 1.54) is 6.07 Å². The maximum atomic E-state index is 14.4. The lowest BCUT2D eigenvalue weighted by molar-refractivity contribution is 0.122. The maximum absolute atomic E-state index is 14.4. The quantitative estimate of drug-likeness (QED) is 0.722. The lowest BCUT2D eigenvalue weighted by Gasteiger charge is -2.30. The Morgan fingerprint density at radius 3 is 2.87 bits per heavy atom. The second kappa shape index (κ2) is 5.78. The first-order valence-corrected chi connectivity index (χ1v) is 7.73. The van der Waals surface area contributed by atoms with Gasteiger partial charge in [0.25, 0.3) is 0 Å². The van der Waals surface area contributed by atoms with Crippen LogP contribution in [0.15, 0.2) is 35.5 Å². The molecule has 23 heavy (non-hydrogen) atoms. The molecule has 4 rings (SSSR count). The highest BCUT2D eigenvalue weighted by Crippen LogP contribution is 2.40. The molecule has 2 aromatic rings. The number of anilines is 1. The minimum atomic E-state index is -0.462. The predicted molar refractivity (Wildman–Crippen MR) is 88.3 cm³/mol. The minimum Gasteiger partial charge on any atom is -0.378 e. The molecule has 2 aliphatic heterocycles. The van der Waals surface area contributed by atoms with Gasteiger partial charge in [-0.05, 0) is 18.0 Å². The summed E-state index contributed by atoms with van der Waals surface area (Å²) in [5.74, 6) is 3.01. The molecule has 0 N–H and O–H groups in total. The highest BCUT2D eigenvalue weighted by molar-refractivity contribution is 6.31. The molecule has 0 unspecified atom stereocenters. The summed E-state index contributed by atoms with van der Waals surface area (Å²) in [5, 5.41) is 0.0852. The largest absolute Gasteiger partial charge is 0.378 e. The van der Waals surface area contributed by atoms with Crippen molar-refractivity contribution in [3.8, 4) is 0 Å². The Bertz CT molecular complexity index is 840. The van der Waals surface area contributed by atoms with Crippen molar-refractivity contribution in [2.24, 2.45) is 4.99 Å². The van der Waals surface area contributed by atoms with E-state index in [0.717, 1.165) is 24.3 Å². The number of hydrogen-bond acceptors (Lipinski definition) is 4. The third kappa shape index (κ3) is 2.43. The summed E-state index contributed by atoms with van der Waals surface area (Å²) in [6, 6.07) is 6.86. The van der Waals surface area contributed by atoms with Gasteiger partial charge >= 0.3 is 0 Å². The third-order valence-electron chi connectivity index (χ3n) is 4.01. The summed E-state index contributed by atoms with van der Waals surface area (Å²) in [5.41, 5.74) is 2.76. The van der Waals surface area contributed by atoms with E-state index in [-0.39, 0.29) is 5.02 Å². The monoisotopic (exact) mass is 329 g/mol. The zero-order valence-corrected chi connectivity index (χ0v) is 13.0. The first-order chi connectivity index (χ1) is 11.3. The topological polar surface area (TPSA) is 37.7 Å². The van der Waals surface area contributed by atoms with Crippen molar-refractivity contribution >= 4 is 34.5 Å². The number of benzene rings is 1. The van der Waals surface area contributed by atoms with E-state index < -0.39 is 5.82 Å². The molecular weight excluding hydrogens is 317 g/mol. The van der Waals surface area contributed by atoms with Crippen molar-refractivity contribution < 1.29 is 9.13 Å². The minimum absolute atomic E-state index is 0.0852. The molecule has 0 spiro atoms. The SMILES string of the molecule is Fc1c(Cl)cccc1C1=C=Nc2nccc(N3CCOCC3)c21. The smallest absolute Gasteiger partial charge is 0.172 e. The summed E-state index contributed by atoms with van der Waals surface area (Å²) in [7, 11) is 0. The number of aliphatic imine (C=N–C) groups is 1. The zero-order valence-electron chi connectivity index (χ0n) is 12.2. The Labute approximate surface area is 137 Å². The van der Waals surface area contributed by atoms with Gasteiger partial charge < -0.3 is 9.64 Å². The first kappa shape index (κ1) is 14.4. The second-order valence-electron chi connectivity index (χ2n) is 5.33. The van der Waals surface area contributed by atoms with Gasteiger partial charge in [-0.15, -0.1) is 0 Å². The standard InChI is InChI=1S/C17H13ClFN3O/c18-13-3-1-2-11(16(13)19)12-10-21-17-15(12)14(4-5-20-17)22-6-8-23-9-7-22/h1-5H,6-9H2. The number of nitrogens with zero attached hydrogens (tertiary/aromatic N) is 3. The van der Waals surface area contributed by atoms with Crippen LogP contribution in [0.25, 0.3) is 5.57 Å². The number of halogens is 2. The van der Waals surface area contributed by atoms with Crippen molar-refractivity contribution in [1.82, 2.24) is 4.98 Å². The molecule has 1 aromatic carbocycles. The molecule has 3 heterocycles. The number of ether oxygens (including phenoxy) is 1. The highest BCUT2D eigenvalue weighted by Gasteiger charge is 2.26. The Morgan fingerprint density at radius 1 is 1.22 bits per heavy atom. The molecule has 0 atom stereocenters. The van der Waals surface area contributed by atoms with Gasteiger partial charge in [0, 0.05) is 24.8 Å². The fourth-order valence-electron chi connectivity index (χ4n) is 2.89. The van der Waals surface area contributed by atoms with Crippen LogP contribution >= 0.6 is 11.6 Å². The molecule has 0 amide bonds. The maximum Gasteiger partial charge on any atom is 0.172 e. The van der Waals surface area contributed by atoms with Gasteiger partial charge in [0.15, 0.2) is 5.82 Å². The van der Waals surface area contributed by atoms with Crippen LogP contribution in [0, 0.1) is 5.82 Å². The summed E-state index contributed by atoms with van der Waals surface area (Å²) in [6.07, 6.45) is 1.71. The van der Waals surface area contributed by atoms with Crippen molar-refractivity contribution in [3.05, 3.63) is 52.4 Å². The molecule has 1 saturated heterocycles. The lowest BCUT2D eigenvalue weighted by atomic mass is 9.98.